The Balaban J connectivity index is 2.05. The molecule has 3 nitrogen and oxygen atoms in total. The number of hydrogen-bond donors (Lipinski definition) is 0. The van der Waals surface area contributed by atoms with Crippen molar-refractivity contribution >= 4 is 10.0 Å². The van der Waals surface area contributed by atoms with Crippen molar-refractivity contribution in [3.8, 4) is 0 Å². The Labute approximate surface area is 139 Å². The van der Waals surface area contributed by atoms with Crippen LogP contribution >= 0.6 is 0 Å². The van der Waals surface area contributed by atoms with Crippen LogP contribution in [0.1, 0.15) is 41.1 Å². The van der Waals surface area contributed by atoms with Gasteiger partial charge >= 0.3 is 0 Å². The van der Waals surface area contributed by atoms with Gasteiger partial charge < -0.3 is 0 Å². The molecule has 0 N–H and O–H groups in total. The average Bonchev–Trinajstić information content (AvgIpc) is 3.00. The Bertz CT molecular complexity index is 827. The minimum Gasteiger partial charge on any atom is -0.207 e. The summed E-state index contributed by atoms with van der Waals surface area (Å²) in [4.78, 5) is 0.443. The van der Waals surface area contributed by atoms with Crippen molar-refractivity contribution in [2.24, 2.45) is 0 Å². The molecule has 1 aliphatic rings. The molecule has 2 aromatic carbocycles. The van der Waals surface area contributed by atoms with Gasteiger partial charge in [-0.1, -0.05) is 36.4 Å². The minimum absolute atomic E-state index is 0.0545. The Morgan fingerprint density at radius 1 is 1.00 bits per heavy atom. The second-order valence-electron chi connectivity index (χ2n) is 6.40. The third-order valence-corrected chi connectivity index (χ3v) is 6.73. The van der Waals surface area contributed by atoms with E-state index >= 15 is 0 Å². The molecule has 1 aliphatic heterocycles. The maximum absolute atomic E-state index is 13.2. The van der Waals surface area contributed by atoms with Crippen LogP contribution in [0.3, 0.4) is 0 Å². The van der Waals surface area contributed by atoms with Crippen LogP contribution in [-0.4, -0.2) is 19.3 Å². The topological polar surface area (TPSA) is 37.4 Å². The highest BCUT2D eigenvalue weighted by Gasteiger charge is 2.37. The molecule has 4 heteroatoms. The molecule has 1 atom stereocenters. The number of aryl methyl sites for hydroxylation is 3. The van der Waals surface area contributed by atoms with Crippen LogP contribution in [0.4, 0.5) is 0 Å². The van der Waals surface area contributed by atoms with Crippen LogP contribution in [0, 0.1) is 20.8 Å². The van der Waals surface area contributed by atoms with Gasteiger partial charge in [-0.05, 0) is 61.9 Å². The first-order valence-corrected chi connectivity index (χ1v) is 9.50. The number of sulfonamides is 1. The summed E-state index contributed by atoms with van der Waals surface area (Å²) >= 11 is 0. The van der Waals surface area contributed by atoms with E-state index in [1.807, 2.05) is 38.1 Å². The van der Waals surface area contributed by atoms with Crippen molar-refractivity contribution in [3.05, 3.63) is 64.7 Å². The molecule has 3 rings (SSSR count). The molecule has 0 radical (unpaired) electrons. The summed E-state index contributed by atoms with van der Waals surface area (Å²) in [7, 11) is -3.47. The molecule has 0 saturated carbocycles. The van der Waals surface area contributed by atoms with E-state index in [-0.39, 0.29) is 6.04 Å². The fourth-order valence-corrected chi connectivity index (χ4v) is 5.40. The van der Waals surface area contributed by atoms with Gasteiger partial charge in [0.15, 0.2) is 0 Å². The molecule has 0 spiro atoms. The fraction of sp³-hybridized carbons (Fsp3) is 0.368. The highest BCUT2D eigenvalue weighted by Crippen LogP contribution is 2.38. The monoisotopic (exact) mass is 329 g/mol. The predicted molar refractivity (Wildman–Crippen MR) is 93.0 cm³/mol. The lowest BCUT2D eigenvalue weighted by atomic mass is 10.0. The lowest BCUT2D eigenvalue weighted by Gasteiger charge is -2.26. The lowest BCUT2D eigenvalue weighted by molar-refractivity contribution is 0.395. The van der Waals surface area contributed by atoms with Crippen molar-refractivity contribution in [2.75, 3.05) is 6.54 Å². The summed E-state index contributed by atoms with van der Waals surface area (Å²) in [5, 5.41) is 0. The third kappa shape index (κ3) is 2.93. The highest BCUT2D eigenvalue weighted by atomic mass is 32.2. The zero-order chi connectivity index (χ0) is 16.6. The maximum atomic E-state index is 13.2. The zero-order valence-corrected chi connectivity index (χ0v) is 14.7. The molecule has 1 heterocycles. The molecule has 23 heavy (non-hydrogen) atoms. The number of nitrogens with zero attached hydrogens (tertiary/aromatic N) is 1. The molecular formula is C19H23NO2S. The van der Waals surface area contributed by atoms with Crippen molar-refractivity contribution in [2.45, 2.75) is 44.6 Å². The second-order valence-corrected chi connectivity index (χ2v) is 8.26. The van der Waals surface area contributed by atoms with E-state index in [0.29, 0.717) is 11.4 Å². The van der Waals surface area contributed by atoms with E-state index in [9.17, 15) is 8.42 Å². The molecule has 0 bridgehead atoms. The van der Waals surface area contributed by atoms with Crippen molar-refractivity contribution < 1.29 is 8.42 Å². The van der Waals surface area contributed by atoms with E-state index in [1.54, 1.807) is 10.4 Å². The van der Waals surface area contributed by atoms with Crippen LogP contribution in [0.5, 0.6) is 0 Å². The van der Waals surface area contributed by atoms with Gasteiger partial charge in [-0.15, -0.1) is 0 Å². The van der Waals surface area contributed by atoms with E-state index in [4.69, 9.17) is 0 Å². The molecule has 0 amide bonds. The number of benzene rings is 2. The largest absolute Gasteiger partial charge is 0.243 e. The minimum atomic E-state index is -3.47. The molecule has 1 saturated heterocycles. The Hall–Kier alpha value is -1.65. The van der Waals surface area contributed by atoms with Crippen LogP contribution < -0.4 is 0 Å². The van der Waals surface area contributed by atoms with Crippen molar-refractivity contribution in [1.82, 2.24) is 4.31 Å². The first-order chi connectivity index (χ1) is 10.9. The summed E-state index contributed by atoms with van der Waals surface area (Å²) in [6, 6.07) is 13.7. The Morgan fingerprint density at radius 3 is 2.48 bits per heavy atom. The molecule has 0 unspecified atom stereocenters. The normalized spacial score (nSPS) is 19.2. The second kappa shape index (κ2) is 6.10. The van der Waals surface area contributed by atoms with Crippen LogP contribution in [0.2, 0.25) is 0 Å². The molecule has 2 aromatic rings. The summed E-state index contributed by atoms with van der Waals surface area (Å²) < 4.78 is 28.1. The fourth-order valence-electron chi connectivity index (χ4n) is 3.41. The third-order valence-electron chi connectivity index (χ3n) is 4.68. The number of rotatable bonds is 3. The Morgan fingerprint density at radius 2 is 1.74 bits per heavy atom. The maximum Gasteiger partial charge on any atom is 0.243 e. The highest BCUT2D eigenvalue weighted by molar-refractivity contribution is 7.89. The summed E-state index contributed by atoms with van der Waals surface area (Å²) in [5.74, 6) is 0. The molecular weight excluding hydrogens is 306 g/mol. The Kier molecular flexibility index (Phi) is 4.30. The summed E-state index contributed by atoms with van der Waals surface area (Å²) in [6.45, 7) is 6.44. The average molecular weight is 329 g/mol. The van der Waals surface area contributed by atoms with Gasteiger partial charge in [0.2, 0.25) is 10.0 Å². The smallest absolute Gasteiger partial charge is 0.207 e. The van der Waals surface area contributed by atoms with Crippen molar-refractivity contribution in [1.29, 1.82) is 0 Å². The zero-order valence-electron chi connectivity index (χ0n) is 13.9. The van der Waals surface area contributed by atoms with E-state index in [2.05, 4.69) is 19.1 Å². The van der Waals surface area contributed by atoms with Gasteiger partial charge in [-0.2, -0.15) is 4.31 Å². The van der Waals surface area contributed by atoms with E-state index in [0.717, 1.165) is 35.1 Å². The van der Waals surface area contributed by atoms with E-state index < -0.39 is 10.0 Å². The quantitative estimate of drug-likeness (QED) is 0.849. The first kappa shape index (κ1) is 16.2. The van der Waals surface area contributed by atoms with E-state index in [1.165, 1.54) is 0 Å². The predicted octanol–water partition coefficient (Wildman–Crippen LogP) is 4.14. The van der Waals surface area contributed by atoms with Gasteiger partial charge in [-0.25, -0.2) is 8.42 Å². The number of hydrogen-bond acceptors (Lipinski definition) is 2. The van der Waals surface area contributed by atoms with Gasteiger partial charge in [-0.3, -0.25) is 0 Å². The molecule has 122 valence electrons. The summed E-state index contributed by atoms with van der Waals surface area (Å²) in [6.07, 6.45) is 1.79. The van der Waals surface area contributed by atoms with Crippen LogP contribution in [0.25, 0.3) is 0 Å². The van der Waals surface area contributed by atoms with Gasteiger partial charge in [0.05, 0.1) is 10.9 Å². The van der Waals surface area contributed by atoms with Crippen molar-refractivity contribution in [3.63, 3.8) is 0 Å². The van der Waals surface area contributed by atoms with Crippen LogP contribution in [-0.2, 0) is 10.0 Å². The summed E-state index contributed by atoms with van der Waals surface area (Å²) in [5.41, 5.74) is 4.06. The van der Waals surface area contributed by atoms with Gasteiger partial charge in [0.1, 0.15) is 0 Å². The molecule has 1 fully saturated rings. The standard InChI is InChI=1S/C19H23NO2S/c1-14-10-11-16(3)19(13-14)23(21,22)20-12-6-9-18(20)17-8-5-4-7-15(17)2/h4-5,7-8,10-11,13,18H,6,9,12H2,1-3H3/t18-/m0/s1. The SMILES string of the molecule is Cc1ccc(C)c(S(=O)(=O)N2CCC[C@H]2c2ccccc2C)c1. The van der Waals surface area contributed by atoms with Crippen LogP contribution in [0.15, 0.2) is 47.4 Å². The molecule has 0 aliphatic carbocycles. The van der Waals surface area contributed by atoms with Gasteiger partial charge in [0.25, 0.3) is 0 Å². The first-order valence-electron chi connectivity index (χ1n) is 8.06. The lowest BCUT2D eigenvalue weighted by Crippen LogP contribution is -2.31. The van der Waals surface area contributed by atoms with Gasteiger partial charge in [0, 0.05) is 6.54 Å². The molecule has 0 aromatic heterocycles.